The lowest BCUT2D eigenvalue weighted by Crippen LogP contribution is -2.49. The van der Waals surface area contributed by atoms with E-state index < -0.39 is 5.97 Å². The highest BCUT2D eigenvalue weighted by Crippen LogP contribution is 2.24. The number of likely N-dealkylation sites (tertiary alicyclic amines) is 1. The fraction of sp³-hybridized carbons (Fsp3) is 0.900. The maximum atomic E-state index is 10.8. The standard InChI is InChI=1S/C10H19NO3/c1-10(8-14-2,7-9(12)13)11-5-3-4-6-11/h3-8H2,1-2H3,(H,12,13). The first-order valence-corrected chi connectivity index (χ1v) is 5.04. The quantitative estimate of drug-likeness (QED) is 0.720. The molecule has 1 saturated heterocycles. The van der Waals surface area contributed by atoms with Crippen LogP contribution in [0, 0.1) is 0 Å². The fourth-order valence-electron chi connectivity index (χ4n) is 2.15. The van der Waals surface area contributed by atoms with E-state index in [9.17, 15) is 4.79 Å². The predicted octanol–water partition coefficient (Wildman–Crippen LogP) is 0.962. The molecule has 0 spiro atoms. The summed E-state index contributed by atoms with van der Waals surface area (Å²) in [6.07, 6.45) is 2.48. The third-order valence-corrected chi connectivity index (χ3v) is 2.86. The van der Waals surface area contributed by atoms with Crippen LogP contribution in [0.15, 0.2) is 0 Å². The average molecular weight is 201 g/mol. The van der Waals surface area contributed by atoms with E-state index in [0.717, 1.165) is 13.1 Å². The zero-order valence-corrected chi connectivity index (χ0v) is 8.95. The lowest BCUT2D eigenvalue weighted by molar-refractivity contribution is -0.141. The van der Waals surface area contributed by atoms with Gasteiger partial charge in [-0.15, -0.1) is 0 Å². The SMILES string of the molecule is COCC(C)(CC(=O)O)N1CCCC1. The Morgan fingerprint density at radius 1 is 1.50 bits per heavy atom. The largest absolute Gasteiger partial charge is 0.481 e. The minimum atomic E-state index is -0.753. The van der Waals surface area contributed by atoms with Gasteiger partial charge in [0, 0.05) is 7.11 Å². The maximum Gasteiger partial charge on any atom is 0.305 e. The smallest absolute Gasteiger partial charge is 0.305 e. The number of rotatable bonds is 5. The Balaban J connectivity index is 2.63. The molecule has 1 aliphatic rings. The summed E-state index contributed by atoms with van der Waals surface area (Å²) < 4.78 is 5.12. The Morgan fingerprint density at radius 2 is 2.07 bits per heavy atom. The van der Waals surface area contributed by atoms with Gasteiger partial charge < -0.3 is 9.84 Å². The Labute approximate surface area is 84.8 Å². The van der Waals surface area contributed by atoms with Crippen LogP contribution in [0.25, 0.3) is 0 Å². The van der Waals surface area contributed by atoms with Crippen LogP contribution in [-0.2, 0) is 9.53 Å². The Kier molecular flexibility index (Phi) is 3.89. The summed E-state index contributed by atoms with van der Waals surface area (Å²) in [5, 5.41) is 8.85. The lowest BCUT2D eigenvalue weighted by Gasteiger charge is -2.37. The molecule has 1 heterocycles. The van der Waals surface area contributed by atoms with Crippen LogP contribution in [0.3, 0.4) is 0 Å². The van der Waals surface area contributed by atoms with Crippen molar-refractivity contribution < 1.29 is 14.6 Å². The third kappa shape index (κ3) is 2.69. The summed E-state index contributed by atoms with van der Waals surface area (Å²) in [7, 11) is 1.62. The molecular formula is C10H19NO3. The van der Waals surface area contributed by atoms with Gasteiger partial charge >= 0.3 is 5.97 Å². The number of carboxylic acid groups (broad SMARTS) is 1. The van der Waals surface area contributed by atoms with Crippen LogP contribution >= 0.6 is 0 Å². The first-order chi connectivity index (χ1) is 6.58. The fourth-order valence-corrected chi connectivity index (χ4v) is 2.15. The number of aliphatic carboxylic acids is 1. The van der Waals surface area contributed by atoms with Gasteiger partial charge in [-0.2, -0.15) is 0 Å². The molecule has 1 unspecified atom stereocenters. The molecule has 0 aliphatic carbocycles. The zero-order chi connectivity index (χ0) is 10.6. The van der Waals surface area contributed by atoms with Crippen molar-refractivity contribution in [1.29, 1.82) is 0 Å². The Hall–Kier alpha value is -0.610. The molecule has 0 saturated carbocycles. The van der Waals surface area contributed by atoms with Gasteiger partial charge in [-0.05, 0) is 32.9 Å². The molecule has 1 fully saturated rings. The molecule has 4 nitrogen and oxygen atoms in total. The third-order valence-electron chi connectivity index (χ3n) is 2.86. The highest BCUT2D eigenvalue weighted by atomic mass is 16.5. The van der Waals surface area contributed by atoms with Crippen LogP contribution < -0.4 is 0 Å². The van der Waals surface area contributed by atoms with Crippen molar-refractivity contribution in [3.05, 3.63) is 0 Å². The van der Waals surface area contributed by atoms with E-state index in [4.69, 9.17) is 9.84 Å². The molecule has 14 heavy (non-hydrogen) atoms. The minimum Gasteiger partial charge on any atom is -0.481 e. The molecule has 1 rings (SSSR count). The number of hydrogen-bond acceptors (Lipinski definition) is 3. The van der Waals surface area contributed by atoms with E-state index in [1.807, 2.05) is 6.92 Å². The number of hydrogen-bond donors (Lipinski definition) is 1. The van der Waals surface area contributed by atoms with Crippen molar-refractivity contribution in [1.82, 2.24) is 4.90 Å². The summed E-state index contributed by atoms with van der Waals surface area (Å²) in [5.41, 5.74) is -0.336. The van der Waals surface area contributed by atoms with Crippen LogP contribution in [0.4, 0.5) is 0 Å². The molecule has 1 aliphatic heterocycles. The van der Waals surface area contributed by atoms with E-state index in [-0.39, 0.29) is 12.0 Å². The van der Waals surface area contributed by atoms with Crippen LogP contribution in [0.2, 0.25) is 0 Å². The molecule has 0 bridgehead atoms. The predicted molar refractivity (Wildman–Crippen MR) is 53.3 cm³/mol. The van der Waals surface area contributed by atoms with Gasteiger partial charge in [0.05, 0.1) is 18.6 Å². The van der Waals surface area contributed by atoms with Gasteiger partial charge in [0.1, 0.15) is 0 Å². The van der Waals surface area contributed by atoms with Gasteiger partial charge in [0.2, 0.25) is 0 Å². The summed E-state index contributed by atoms with van der Waals surface area (Å²) in [6, 6.07) is 0. The normalized spacial score (nSPS) is 22.1. The second-order valence-corrected chi connectivity index (χ2v) is 4.19. The second-order valence-electron chi connectivity index (χ2n) is 4.19. The minimum absolute atomic E-state index is 0.154. The Morgan fingerprint density at radius 3 is 2.50 bits per heavy atom. The molecule has 82 valence electrons. The number of carboxylic acids is 1. The monoisotopic (exact) mass is 201 g/mol. The number of methoxy groups -OCH3 is 1. The van der Waals surface area contributed by atoms with Crippen LogP contribution in [0.5, 0.6) is 0 Å². The first kappa shape index (κ1) is 11.5. The molecule has 0 aromatic heterocycles. The van der Waals surface area contributed by atoms with Crippen molar-refractivity contribution in [3.8, 4) is 0 Å². The van der Waals surface area contributed by atoms with Crippen molar-refractivity contribution in [3.63, 3.8) is 0 Å². The highest BCUT2D eigenvalue weighted by Gasteiger charge is 2.35. The molecule has 1 N–H and O–H groups in total. The number of carbonyl (C=O) groups is 1. The summed E-state index contributed by atoms with van der Waals surface area (Å²) in [4.78, 5) is 13.0. The molecule has 0 radical (unpaired) electrons. The molecule has 1 atom stereocenters. The van der Waals surface area contributed by atoms with Gasteiger partial charge in [-0.25, -0.2) is 0 Å². The van der Waals surface area contributed by atoms with Gasteiger partial charge in [-0.3, -0.25) is 9.69 Å². The Bertz CT molecular complexity index is 202. The van der Waals surface area contributed by atoms with Gasteiger partial charge in [-0.1, -0.05) is 0 Å². The van der Waals surface area contributed by atoms with Crippen LogP contribution in [0.1, 0.15) is 26.2 Å². The van der Waals surface area contributed by atoms with E-state index in [1.54, 1.807) is 7.11 Å². The summed E-state index contributed by atoms with van der Waals surface area (Å²) >= 11 is 0. The summed E-state index contributed by atoms with van der Waals surface area (Å²) in [6.45, 7) is 4.44. The van der Waals surface area contributed by atoms with E-state index in [0.29, 0.717) is 6.61 Å². The van der Waals surface area contributed by atoms with Crippen molar-refractivity contribution >= 4 is 5.97 Å². The van der Waals surface area contributed by atoms with E-state index in [2.05, 4.69) is 4.90 Å². The topological polar surface area (TPSA) is 49.8 Å². The molecular weight excluding hydrogens is 182 g/mol. The lowest BCUT2D eigenvalue weighted by atomic mass is 9.97. The molecule has 0 amide bonds. The van der Waals surface area contributed by atoms with Crippen molar-refractivity contribution in [2.45, 2.75) is 31.7 Å². The second kappa shape index (κ2) is 4.75. The van der Waals surface area contributed by atoms with Crippen LogP contribution in [-0.4, -0.2) is 48.3 Å². The van der Waals surface area contributed by atoms with Gasteiger partial charge in [0.15, 0.2) is 0 Å². The molecule has 0 aromatic carbocycles. The molecule has 4 heteroatoms. The van der Waals surface area contributed by atoms with Crippen molar-refractivity contribution in [2.75, 3.05) is 26.8 Å². The van der Waals surface area contributed by atoms with E-state index in [1.165, 1.54) is 12.8 Å². The summed E-state index contributed by atoms with van der Waals surface area (Å²) in [5.74, 6) is -0.753. The number of nitrogens with zero attached hydrogens (tertiary/aromatic N) is 1. The first-order valence-electron chi connectivity index (χ1n) is 5.04. The maximum absolute atomic E-state index is 10.8. The zero-order valence-electron chi connectivity index (χ0n) is 8.95. The number of ether oxygens (including phenoxy) is 1. The molecule has 0 aromatic rings. The van der Waals surface area contributed by atoms with Crippen molar-refractivity contribution in [2.24, 2.45) is 0 Å². The van der Waals surface area contributed by atoms with Gasteiger partial charge in [0.25, 0.3) is 0 Å². The van der Waals surface area contributed by atoms with E-state index >= 15 is 0 Å². The average Bonchev–Trinajstić information content (AvgIpc) is 2.54. The highest BCUT2D eigenvalue weighted by molar-refractivity contribution is 5.68.